The fourth-order valence-corrected chi connectivity index (χ4v) is 13.9. The van der Waals surface area contributed by atoms with Gasteiger partial charge in [-0.2, -0.15) is 26.3 Å². The average molecular weight is 1440 g/mol. The number of likely N-dealkylation sites (N-methyl/N-ethyl adjacent to an activating group) is 2. The number of benzene rings is 6. The Hall–Kier alpha value is -7.51. The van der Waals surface area contributed by atoms with E-state index in [0.29, 0.717) is 120 Å². The Balaban J connectivity index is 0.00000459. The molecule has 6 aromatic carbocycles. The Labute approximate surface area is 591 Å². The van der Waals surface area contributed by atoms with Gasteiger partial charge in [-0.25, -0.2) is 9.18 Å². The number of likely N-dealkylation sites (tertiary alicyclic amines) is 2. The molecule has 1 spiro atoms. The highest BCUT2D eigenvalue weighted by Gasteiger charge is 2.50. The van der Waals surface area contributed by atoms with Gasteiger partial charge in [0.05, 0.1) is 29.5 Å². The molecule has 0 saturated carbocycles. The second-order valence-electron chi connectivity index (χ2n) is 25.6. The van der Waals surface area contributed by atoms with Gasteiger partial charge >= 0.3 is 18.4 Å². The number of rotatable bonds is 26. The van der Waals surface area contributed by atoms with Crippen LogP contribution in [0.2, 0.25) is 0 Å². The molecule has 1 aliphatic carbocycles. The summed E-state index contributed by atoms with van der Waals surface area (Å²) >= 11 is 0. The van der Waals surface area contributed by atoms with Crippen LogP contribution >= 0.6 is 37.2 Å². The number of amides is 5. The van der Waals surface area contributed by atoms with Crippen molar-refractivity contribution in [2.24, 2.45) is 0 Å². The third-order valence-electron chi connectivity index (χ3n) is 19.5. The van der Waals surface area contributed by atoms with E-state index < -0.39 is 64.6 Å². The lowest BCUT2D eigenvalue weighted by molar-refractivity contribution is -0.143. The Bertz CT molecular complexity index is 3630. The van der Waals surface area contributed by atoms with Crippen molar-refractivity contribution < 1.29 is 69.3 Å². The first kappa shape index (κ1) is 78.8. The molecule has 10 rings (SSSR count). The highest BCUT2D eigenvalue weighted by molar-refractivity contribution is 5.96. The second-order valence-corrected chi connectivity index (χ2v) is 25.6. The lowest BCUT2D eigenvalue weighted by atomic mass is 9.72. The number of unbranched alkanes of at least 4 members (excludes halogenated alkanes) is 2. The number of alkyl halides is 6. The second kappa shape index (κ2) is 35.2. The largest absolute Gasteiger partial charge is 0.465 e. The van der Waals surface area contributed by atoms with Gasteiger partial charge in [-0.3, -0.25) is 24.1 Å². The number of ether oxygens (including phenoxy) is 2. The maximum absolute atomic E-state index is 14.2. The Morgan fingerprint density at radius 1 is 0.667 bits per heavy atom. The van der Waals surface area contributed by atoms with E-state index >= 15 is 0 Å². The predicted octanol–water partition coefficient (Wildman–Crippen LogP) is 13.8. The van der Waals surface area contributed by atoms with Gasteiger partial charge in [-0.15, -0.1) is 37.2 Å². The van der Waals surface area contributed by atoms with Crippen molar-refractivity contribution >= 4 is 78.3 Å². The zero-order valence-corrected chi connectivity index (χ0v) is 57.8. The minimum Gasteiger partial charge on any atom is -0.465 e. The van der Waals surface area contributed by atoms with Crippen LogP contribution in [0.1, 0.15) is 113 Å². The van der Waals surface area contributed by atoms with Crippen molar-refractivity contribution in [2.45, 2.75) is 106 Å². The Morgan fingerprint density at radius 3 is 1.96 bits per heavy atom. The number of para-hydroxylation sites is 1. The van der Waals surface area contributed by atoms with Gasteiger partial charge in [0.2, 0.25) is 11.8 Å². The number of halogens is 10. The lowest BCUT2D eigenvalue weighted by Gasteiger charge is -2.44. The fraction of sp³-hybridized carbons (Fsp3) is 0.438. The number of nitrogens with one attached hydrogen (secondary N) is 2. The van der Waals surface area contributed by atoms with Gasteiger partial charge in [-0.05, 0) is 154 Å². The number of carboxylic acid groups (broad SMARTS) is 1. The van der Waals surface area contributed by atoms with E-state index in [9.17, 15) is 59.8 Å². The minimum absolute atomic E-state index is 0. The monoisotopic (exact) mass is 1440 g/mol. The van der Waals surface area contributed by atoms with Crippen LogP contribution in [-0.2, 0) is 48.9 Å². The van der Waals surface area contributed by atoms with E-state index in [1.54, 1.807) is 29.0 Å². The molecule has 4 aliphatic rings. The molecule has 536 valence electrons. The van der Waals surface area contributed by atoms with Crippen LogP contribution in [0.15, 0.2) is 146 Å². The van der Waals surface area contributed by atoms with E-state index in [1.165, 1.54) is 29.2 Å². The molecule has 99 heavy (non-hydrogen) atoms. The number of hydrogen-bond donors (Lipinski definition) is 3. The summed E-state index contributed by atoms with van der Waals surface area (Å²) in [6.07, 6.45) is -4.50. The Kier molecular flexibility index (Phi) is 28.0. The maximum atomic E-state index is 14.2. The van der Waals surface area contributed by atoms with Gasteiger partial charge in [0.15, 0.2) is 0 Å². The highest BCUT2D eigenvalue weighted by Crippen LogP contribution is 2.49. The van der Waals surface area contributed by atoms with E-state index in [1.807, 2.05) is 85.9 Å². The van der Waals surface area contributed by atoms with Crippen molar-refractivity contribution in [2.75, 3.05) is 110 Å². The van der Waals surface area contributed by atoms with E-state index in [0.717, 1.165) is 71.7 Å². The van der Waals surface area contributed by atoms with Crippen LogP contribution in [0.4, 0.5) is 46.9 Å². The summed E-state index contributed by atoms with van der Waals surface area (Å²) in [6.45, 7) is 5.07. The molecule has 26 heteroatoms. The molecule has 16 nitrogen and oxygen atoms in total. The van der Waals surface area contributed by atoms with Gasteiger partial charge in [0.1, 0.15) is 24.8 Å². The van der Waals surface area contributed by atoms with Gasteiger partial charge in [-0.1, -0.05) is 91.3 Å². The number of nitrogens with zero attached hydrogens (tertiary/aromatic N) is 6. The van der Waals surface area contributed by atoms with Crippen LogP contribution in [-0.4, -0.2) is 171 Å². The topological polar surface area (TPSA) is 168 Å². The number of hydrogen-bond acceptors (Lipinski definition) is 10. The number of carbonyl (C=O) groups excluding carboxylic acids is 4. The van der Waals surface area contributed by atoms with Gasteiger partial charge < -0.3 is 49.7 Å². The summed E-state index contributed by atoms with van der Waals surface area (Å²) in [6, 6.07) is 38.9. The zero-order valence-electron chi connectivity index (χ0n) is 55.3. The van der Waals surface area contributed by atoms with Crippen LogP contribution in [0.3, 0.4) is 0 Å². The molecule has 0 bridgehead atoms. The molecule has 0 radical (unpaired) electrons. The van der Waals surface area contributed by atoms with Gasteiger partial charge in [0, 0.05) is 107 Å². The molecule has 3 saturated heterocycles. The van der Waals surface area contributed by atoms with Crippen LogP contribution in [0.5, 0.6) is 0 Å². The fourth-order valence-electron chi connectivity index (χ4n) is 13.9. The van der Waals surface area contributed by atoms with Crippen LogP contribution in [0, 0.1) is 5.82 Å². The van der Waals surface area contributed by atoms with Crippen LogP contribution in [0.25, 0.3) is 11.1 Å². The van der Waals surface area contributed by atoms with E-state index in [4.69, 9.17) is 9.47 Å². The van der Waals surface area contributed by atoms with Gasteiger partial charge in [0.25, 0.3) is 11.8 Å². The molecule has 0 unspecified atom stereocenters. The first-order valence-corrected chi connectivity index (χ1v) is 32.9. The number of anilines is 2. The molecule has 0 aromatic heterocycles. The summed E-state index contributed by atoms with van der Waals surface area (Å²) in [7, 11) is 3.54. The summed E-state index contributed by atoms with van der Waals surface area (Å²) in [5.74, 6) is -1.95. The van der Waals surface area contributed by atoms with E-state index in [-0.39, 0.29) is 92.7 Å². The number of piperidine rings is 2. The number of fused-ring (bicyclic) bond motifs is 2. The SMILES string of the molecule is CN(CCN1CCC(N(C(=O)O)c2ccccc2-c2ccccc2)CC1)C(=O)CCCCCNc1ccc(C(=O)NCCCN(C)C(=O)CO[C@H]2Cc3ccccc3C23CCN(CC[C@]2(c4ccc(F)cc4)CN(C(=O)c4cc(C(F)(F)F)cc(C(F)(F)F)c4)CO2)CC3)cc1.Cl.Cl.Cl. The smallest absolute Gasteiger partial charge is 0.416 e. The summed E-state index contributed by atoms with van der Waals surface area (Å²) in [5, 5.41) is 16.7. The van der Waals surface area contributed by atoms with Crippen molar-refractivity contribution in [3.05, 3.63) is 190 Å². The lowest BCUT2D eigenvalue weighted by Crippen LogP contribution is -2.50. The molecule has 3 heterocycles. The molecule has 5 amide bonds. The van der Waals surface area contributed by atoms with Crippen molar-refractivity contribution in [1.82, 2.24) is 29.8 Å². The predicted molar refractivity (Wildman–Crippen MR) is 373 cm³/mol. The zero-order chi connectivity index (χ0) is 68.2. The highest BCUT2D eigenvalue weighted by atomic mass is 35.5. The molecule has 6 aromatic rings. The standard InChI is InChI=1S/C73H83F7N8O8.3ClH/c1-83(36-13-35-82-67(91)52-21-27-59(28-22-52)81-34-12-4-7-20-65(89)84(2)42-43-85-37-29-60(30-38-85)88(69(93)94)63-19-11-9-17-61(63)51-14-5-3-6-15-51)66(90)48-95-64-46-53-16-8-10-18-62(53)70(64)31-39-86(40-32-70)41-33-71(55-23-25-58(74)26-24-55)49-87(50-96-71)68(92)54-44-56(72(75,76)77)47-57(45-54)73(78,79)80;;;/h3,5-6,8-11,14-19,21-28,44-45,47,60,64,81H,4,7,12-13,20,29-43,46,48-50H2,1-2H3,(H,82,91)(H,93,94);3*1H/t64-,71+;;;/m0.../s1. The summed E-state index contributed by atoms with van der Waals surface area (Å²) in [5.41, 5.74) is 1.02. The number of carbonyl (C=O) groups is 5. The quantitative estimate of drug-likeness (QED) is 0.0349. The minimum atomic E-state index is -5.15. The average Bonchev–Trinajstić information content (AvgIpc) is 1.62. The first-order chi connectivity index (χ1) is 46.0. The molecule has 2 atom stereocenters. The molecular formula is C73H86Cl3F7N8O8. The normalized spacial score (nSPS) is 17.7. The molecule has 3 aliphatic heterocycles. The molecule has 3 fully saturated rings. The Morgan fingerprint density at radius 2 is 1.29 bits per heavy atom. The summed E-state index contributed by atoms with van der Waals surface area (Å²) < 4.78 is 110. The molecule has 3 N–H and O–H groups in total. The van der Waals surface area contributed by atoms with E-state index in [2.05, 4.69) is 32.6 Å². The summed E-state index contributed by atoms with van der Waals surface area (Å²) in [4.78, 5) is 76.6. The maximum Gasteiger partial charge on any atom is 0.416 e. The van der Waals surface area contributed by atoms with Crippen molar-refractivity contribution in [1.29, 1.82) is 0 Å². The third kappa shape index (κ3) is 19.7. The molecular weight excluding hydrogens is 1360 g/mol. The van der Waals surface area contributed by atoms with Crippen molar-refractivity contribution in [3.8, 4) is 11.1 Å². The first-order valence-electron chi connectivity index (χ1n) is 32.9. The third-order valence-corrected chi connectivity index (χ3v) is 19.5. The van der Waals surface area contributed by atoms with Crippen molar-refractivity contribution in [3.63, 3.8) is 0 Å². The van der Waals surface area contributed by atoms with Crippen LogP contribution < -0.4 is 15.5 Å².